The van der Waals surface area contributed by atoms with Crippen LogP contribution in [-0.4, -0.2) is 24.7 Å². The number of hydrogen-bond donors (Lipinski definition) is 1. The molecule has 0 radical (unpaired) electrons. The molecule has 0 spiro atoms. The fourth-order valence-electron chi connectivity index (χ4n) is 1.71. The molecule has 5 nitrogen and oxygen atoms in total. The molecule has 0 aromatic carbocycles. The second-order valence-corrected chi connectivity index (χ2v) is 3.67. The van der Waals surface area contributed by atoms with Crippen molar-refractivity contribution in [1.82, 2.24) is 4.98 Å². The van der Waals surface area contributed by atoms with Crippen LogP contribution in [0.25, 0.3) is 0 Å². The minimum absolute atomic E-state index is 0.0276. The Morgan fingerprint density at radius 1 is 1.53 bits per heavy atom. The van der Waals surface area contributed by atoms with Crippen LogP contribution >= 0.6 is 0 Å². The van der Waals surface area contributed by atoms with Gasteiger partial charge in [-0.2, -0.15) is 0 Å². The number of alkyl halides is 2. The number of nitrogens with zero attached hydrogens (tertiary/aromatic N) is 1. The van der Waals surface area contributed by atoms with Gasteiger partial charge in [-0.3, -0.25) is 9.78 Å². The lowest BCUT2D eigenvalue weighted by Gasteiger charge is -2.15. The van der Waals surface area contributed by atoms with Crippen molar-refractivity contribution in [3.05, 3.63) is 23.0 Å². The number of hydrogen-bond acceptors (Lipinski definition) is 5. The number of rotatable bonds is 6. The van der Waals surface area contributed by atoms with E-state index in [0.717, 1.165) is 0 Å². The third-order valence-corrected chi connectivity index (χ3v) is 2.51. The first-order chi connectivity index (χ1) is 9.04. The quantitative estimate of drug-likeness (QED) is 0.797. The molecule has 0 fully saturated rings. The molecule has 0 bridgehead atoms. The van der Waals surface area contributed by atoms with Gasteiger partial charge >= 0.3 is 5.97 Å². The first-order valence-electron chi connectivity index (χ1n) is 5.73. The van der Waals surface area contributed by atoms with Crippen LogP contribution in [0.2, 0.25) is 0 Å². The zero-order chi connectivity index (χ0) is 14.4. The van der Waals surface area contributed by atoms with E-state index in [1.54, 1.807) is 6.92 Å². The molecule has 1 aromatic heterocycles. The van der Waals surface area contributed by atoms with Crippen molar-refractivity contribution >= 4 is 5.97 Å². The zero-order valence-electron chi connectivity index (χ0n) is 10.8. The molecular formula is C12H16F2N2O3. The van der Waals surface area contributed by atoms with Crippen LogP contribution in [0.3, 0.4) is 0 Å². The fraction of sp³-hybridized carbons (Fsp3) is 0.500. The van der Waals surface area contributed by atoms with E-state index in [9.17, 15) is 13.6 Å². The Hall–Kier alpha value is -1.76. The van der Waals surface area contributed by atoms with Crippen molar-refractivity contribution in [2.24, 2.45) is 5.73 Å². The standard InChI is InChI=1S/C12H16F2N2O3/c1-3-19-9(17)4-7-6-16-10(12(13)14)11(18-2)8(7)5-15/h6,12H,3-5,15H2,1-2H3. The fourth-order valence-corrected chi connectivity index (χ4v) is 1.71. The number of carbonyl (C=O) groups excluding carboxylic acids is 1. The first-order valence-corrected chi connectivity index (χ1v) is 5.73. The second-order valence-electron chi connectivity index (χ2n) is 3.67. The van der Waals surface area contributed by atoms with Gasteiger partial charge in [-0.1, -0.05) is 0 Å². The Labute approximate surface area is 109 Å². The van der Waals surface area contributed by atoms with Crippen molar-refractivity contribution in [1.29, 1.82) is 0 Å². The molecule has 0 unspecified atom stereocenters. The number of methoxy groups -OCH3 is 1. The maximum absolute atomic E-state index is 12.8. The molecule has 0 saturated heterocycles. The van der Waals surface area contributed by atoms with Gasteiger partial charge in [-0.05, 0) is 12.5 Å². The van der Waals surface area contributed by atoms with E-state index in [1.165, 1.54) is 13.3 Å². The van der Waals surface area contributed by atoms with Crippen LogP contribution in [0.1, 0.15) is 30.2 Å². The highest BCUT2D eigenvalue weighted by molar-refractivity contribution is 5.73. The molecule has 1 heterocycles. The van der Waals surface area contributed by atoms with Crippen LogP contribution in [0.4, 0.5) is 8.78 Å². The van der Waals surface area contributed by atoms with Crippen molar-refractivity contribution in [3.63, 3.8) is 0 Å². The predicted molar refractivity (Wildman–Crippen MR) is 64.0 cm³/mol. The summed E-state index contributed by atoms with van der Waals surface area (Å²) in [7, 11) is 1.26. The largest absolute Gasteiger partial charge is 0.494 e. The Morgan fingerprint density at radius 2 is 2.21 bits per heavy atom. The number of esters is 1. The highest BCUT2D eigenvalue weighted by Crippen LogP contribution is 2.32. The molecular weight excluding hydrogens is 258 g/mol. The van der Waals surface area contributed by atoms with Crippen LogP contribution in [-0.2, 0) is 22.5 Å². The van der Waals surface area contributed by atoms with Crippen LogP contribution in [0, 0.1) is 0 Å². The van der Waals surface area contributed by atoms with Gasteiger partial charge < -0.3 is 15.2 Å². The van der Waals surface area contributed by atoms with E-state index in [1.807, 2.05) is 0 Å². The van der Waals surface area contributed by atoms with E-state index in [0.29, 0.717) is 11.1 Å². The highest BCUT2D eigenvalue weighted by atomic mass is 19.3. The molecule has 0 amide bonds. The van der Waals surface area contributed by atoms with Gasteiger partial charge in [-0.15, -0.1) is 0 Å². The maximum Gasteiger partial charge on any atom is 0.310 e. The number of carbonyl (C=O) groups is 1. The molecule has 7 heteroatoms. The van der Waals surface area contributed by atoms with Crippen molar-refractivity contribution in [2.75, 3.05) is 13.7 Å². The van der Waals surface area contributed by atoms with E-state index in [2.05, 4.69) is 4.98 Å². The van der Waals surface area contributed by atoms with Crippen LogP contribution < -0.4 is 10.5 Å². The van der Waals surface area contributed by atoms with Gasteiger partial charge in [0.2, 0.25) is 0 Å². The van der Waals surface area contributed by atoms with Crippen molar-refractivity contribution in [3.8, 4) is 5.75 Å². The summed E-state index contributed by atoms with van der Waals surface area (Å²) in [6.07, 6.45) is -1.63. The van der Waals surface area contributed by atoms with Gasteiger partial charge in [0.1, 0.15) is 5.69 Å². The van der Waals surface area contributed by atoms with Gasteiger partial charge in [0.25, 0.3) is 6.43 Å². The third-order valence-electron chi connectivity index (χ3n) is 2.51. The number of nitrogens with two attached hydrogens (primary N) is 1. The molecule has 0 saturated carbocycles. The van der Waals surface area contributed by atoms with E-state index in [-0.39, 0.29) is 25.3 Å². The van der Waals surface area contributed by atoms with Gasteiger partial charge in [0, 0.05) is 18.3 Å². The Bertz CT molecular complexity index is 453. The first kappa shape index (κ1) is 15.3. The topological polar surface area (TPSA) is 74.4 Å². The highest BCUT2D eigenvalue weighted by Gasteiger charge is 2.22. The minimum Gasteiger partial charge on any atom is -0.494 e. The average Bonchev–Trinajstić information content (AvgIpc) is 2.37. The van der Waals surface area contributed by atoms with Crippen molar-refractivity contribution in [2.45, 2.75) is 26.3 Å². The summed E-state index contributed by atoms with van der Waals surface area (Å²) >= 11 is 0. The number of halogens is 2. The summed E-state index contributed by atoms with van der Waals surface area (Å²) in [4.78, 5) is 15.1. The lowest BCUT2D eigenvalue weighted by Crippen LogP contribution is -2.14. The Kier molecular flexibility index (Phi) is 5.62. The summed E-state index contributed by atoms with van der Waals surface area (Å²) in [6, 6.07) is 0. The Balaban J connectivity index is 3.16. The summed E-state index contributed by atoms with van der Waals surface area (Å²) in [6.45, 7) is 1.90. The van der Waals surface area contributed by atoms with Crippen LogP contribution in [0.15, 0.2) is 6.20 Å². The summed E-state index contributed by atoms with van der Waals surface area (Å²) in [5.74, 6) is -0.537. The molecule has 0 aliphatic rings. The number of aromatic nitrogens is 1. The maximum atomic E-state index is 12.8. The smallest absolute Gasteiger partial charge is 0.310 e. The van der Waals surface area contributed by atoms with E-state index in [4.69, 9.17) is 15.2 Å². The number of ether oxygens (including phenoxy) is 2. The molecule has 0 aliphatic carbocycles. The van der Waals surface area contributed by atoms with Gasteiger partial charge in [-0.25, -0.2) is 8.78 Å². The molecule has 2 N–H and O–H groups in total. The third kappa shape index (κ3) is 3.60. The summed E-state index contributed by atoms with van der Waals surface area (Å²) in [5.41, 5.74) is 5.85. The molecule has 19 heavy (non-hydrogen) atoms. The summed E-state index contributed by atoms with van der Waals surface area (Å²) in [5, 5.41) is 0. The molecule has 0 aliphatic heterocycles. The SMILES string of the molecule is CCOC(=O)Cc1cnc(C(F)F)c(OC)c1CN. The average molecular weight is 274 g/mol. The minimum atomic E-state index is -2.77. The zero-order valence-corrected chi connectivity index (χ0v) is 10.8. The Morgan fingerprint density at radius 3 is 2.68 bits per heavy atom. The van der Waals surface area contributed by atoms with E-state index < -0.39 is 18.1 Å². The normalized spacial score (nSPS) is 10.6. The van der Waals surface area contributed by atoms with Gasteiger partial charge in [0.05, 0.1) is 20.1 Å². The van der Waals surface area contributed by atoms with Crippen LogP contribution in [0.5, 0.6) is 5.75 Å². The lowest BCUT2D eigenvalue weighted by atomic mass is 10.0. The monoisotopic (exact) mass is 274 g/mol. The molecule has 106 valence electrons. The summed E-state index contributed by atoms with van der Waals surface area (Å²) < 4.78 is 35.3. The molecule has 1 rings (SSSR count). The predicted octanol–water partition coefficient (Wildman–Crippen LogP) is 1.59. The molecule has 1 aromatic rings. The molecule has 0 atom stereocenters. The van der Waals surface area contributed by atoms with Gasteiger partial charge in [0.15, 0.2) is 5.75 Å². The lowest BCUT2D eigenvalue weighted by molar-refractivity contribution is -0.142. The van der Waals surface area contributed by atoms with E-state index >= 15 is 0 Å². The van der Waals surface area contributed by atoms with Crippen molar-refractivity contribution < 1.29 is 23.0 Å². The second kappa shape index (κ2) is 6.98. The number of pyridine rings is 1.